The third-order valence-electron chi connectivity index (χ3n) is 4.84. The maximum atomic E-state index is 13.9. The second kappa shape index (κ2) is 6.25. The minimum absolute atomic E-state index is 0.0348. The number of H-pyrrole nitrogens is 1. The summed E-state index contributed by atoms with van der Waals surface area (Å²) in [4.78, 5) is 7.89. The van der Waals surface area contributed by atoms with E-state index in [1.807, 2.05) is 6.07 Å². The predicted molar refractivity (Wildman–Crippen MR) is 103 cm³/mol. The van der Waals surface area contributed by atoms with Crippen LogP contribution in [0.15, 0.2) is 42.6 Å². The van der Waals surface area contributed by atoms with Crippen LogP contribution in [-0.2, 0) is 0 Å². The highest BCUT2D eigenvalue weighted by Crippen LogP contribution is 2.36. The number of methoxy groups -OCH3 is 1. The van der Waals surface area contributed by atoms with Gasteiger partial charge in [-0.15, -0.1) is 0 Å². The SMILES string of the molecule is COc1ccc(F)cc1-c1ccnc2[nH]c(C3=CC(C)(C)NCC3)cc12. The molecule has 0 radical (unpaired) electrons. The molecule has 0 atom stereocenters. The lowest BCUT2D eigenvalue weighted by molar-refractivity contribution is 0.415. The van der Waals surface area contributed by atoms with Crippen LogP contribution in [0.4, 0.5) is 4.39 Å². The van der Waals surface area contributed by atoms with Crippen LogP contribution < -0.4 is 10.1 Å². The summed E-state index contributed by atoms with van der Waals surface area (Å²) in [7, 11) is 1.60. The van der Waals surface area contributed by atoms with Gasteiger partial charge >= 0.3 is 0 Å². The van der Waals surface area contributed by atoms with Crippen LogP contribution in [0.1, 0.15) is 26.0 Å². The van der Waals surface area contributed by atoms with Gasteiger partial charge in [-0.2, -0.15) is 0 Å². The van der Waals surface area contributed by atoms with Crippen LogP contribution >= 0.6 is 0 Å². The Kier molecular flexibility index (Phi) is 4.04. The minimum Gasteiger partial charge on any atom is -0.496 e. The van der Waals surface area contributed by atoms with Crippen LogP contribution in [0.3, 0.4) is 0 Å². The molecule has 1 aromatic carbocycles. The Labute approximate surface area is 152 Å². The van der Waals surface area contributed by atoms with E-state index in [0.29, 0.717) is 5.75 Å². The zero-order valence-electron chi connectivity index (χ0n) is 15.2. The fourth-order valence-corrected chi connectivity index (χ4v) is 3.62. The van der Waals surface area contributed by atoms with Crippen LogP contribution in [0.25, 0.3) is 27.7 Å². The first-order valence-corrected chi connectivity index (χ1v) is 8.76. The lowest BCUT2D eigenvalue weighted by Gasteiger charge is -2.29. The third-order valence-corrected chi connectivity index (χ3v) is 4.84. The van der Waals surface area contributed by atoms with Crippen molar-refractivity contribution in [3.63, 3.8) is 0 Å². The second-order valence-corrected chi connectivity index (χ2v) is 7.22. The molecule has 0 saturated heterocycles. The first-order chi connectivity index (χ1) is 12.5. The van der Waals surface area contributed by atoms with E-state index in [1.165, 1.54) is 17.7 Å². The Morgan fingerprint density at radius 1 is 1.15 bits per heavy atom. The molecule has 3 heterocycles. The molecular formula is C21H22FN3O. The maximum Gasteiger partial charge on any atom is 0.138 e. The number of halogens is 1. The van der Waals surface area contributed by atoms with Gasteiger partial charge in [-0.25, -0.2) is 9.37 Å². The summed E-state index contributed by atoms with van der Waals surface area (Å²) in [5.41, 5.74) is 4.72. The van der Waals surface area contributed by atoms with Crippen molar-refractivity contribution in [3.05, 3.63) is 54.1 Å². The number of nitrogens with one attached hydrogen (secondary N) is 2. The topological polar surface area (TPSA) is 49.9 Å². The van der Waals surface area contributed by atoms with Gasteiger partial charge in [0.15, 0.2) is 0 Å². The number of aromatic amines is 1. The van der Waals surface area contributed by atoms with Crippen molar-refractivity contribution in [3.8, 4) is 16.9 Å². The molecule has 2 aromatic heterocycles. The summed E-state index contributed by atoms with van der Waals surface area (Å²) in [5, 5.41) is 4.45. The minimum atomic E-state index is -0.288. The summed E-state index contributed by atoms with van der Waals surface area (Å²) in [6, 6.07) is 8.58. The molecule has 0 unspecified atom stereocenters. The fourth-order valence-electron chi connectivity index (χ4n) is 3.62. The molecule has 4 rings (SSSR count). The highest BCUT2D eigenvalue weighted by Gasteiger charge is 2.22. The van der Waals surface area contributed by atoms with E-state index in [9.17, 15) is 4.39 Å². The van der Waals surface area contributed by atoms with E-state index >= 15 is 0 Å². The van der Waals surface area contributed by atoms with Crippen molar-refractivity contribution in [1.82, 2.24) is 15.3 Å². The van der Waals surface area contributed by atoms with Crippen molar-refractivity contribution in [2.45, 2.75) is 25.8 Å². The summed E-state index contributed by atoms with van der Waals surface area (Å²) in [6.07, 6.45) is 4.95. The van der Waals surface area contributed by atoms with E-state index in [1.54, 1.807) is 19.4 Å². The van der Waals surface area contributed by atoms with Gasteiger partial charge in [0.2, 0.25) is 0 Å². The Bertz CT molecular complexity index is 1000. The normalized spacial score (nSPS) is 16.5. The van der Waals surface area contributed by atoms with Gasteiger partial charge in [0.1, 0.15) is 17.2 Å². The highest BCUT2D eigenvalue weighted by molar-refractivity contribution is 5.96. The van der Waals surface area contributed by atoms with Crippen molar-refractivity contribution >= 4 is 16.6 Å². The van der Waals surface area contributed by atoms with Crippen molar-refractivity contribution in [1.29, 1.82) is 0 Å². The second-order valence-electron chi connectivity index (χ2n) is 7.22. The molecule has 134 valence electrons. The lowest BCUT2D eigenvalue weighted by atomic mass is 9.93. The van der Waals surface area contributed by atoms with Crippen LogP contribution in [-0.4, -0.2) is 29.2 Å². The highest BCUT2D eigenvalue weighted by atomic mass is 19.1. The lowest BCUT2D eigenvalue weighted by Crippen LogP contribution is -2.40. The van der Waals surface area contributed by atoms with E-state index in [2.05, 4.69) is 41.3 Å². The summed E-state index contributed by atoms with van der Waals surface area (Å²) < 4.78 is 19.3. The summed E-state index contributed by atoms with van der Waals surface area (Å²) in [6.45, 7) is 5.26. The quantitative estimate of drug-likeness (QED) is 0.729. The van der Waals surface area contributed by atoms with E-state index in [0.717, 1.165) is 40.8 Å². The standard InChI is InChI=1S/C21H22FN3O/c1-21(2)12-13(6-9-24-21)18-11-17-15(7-8-23-20(17)25-18)16-10-14(22)4-5-19(16)26-3/h4-5,7-8,10-12,24H,6,9H2,1-3H3,(H,23,25). The number of ether oxygens (including phenoxy) is 1. The summed E-state index contributed by atoms with van der Waals surface area (Å²) >= 11 is 0. The molecule has 0 saturated carbocycles. The monoisotopic (exact) mass is 351 g/mol. The molecule has 0 amide bonds. The Morgan fingerprint density at radius 2 is 2.00 bits per heavy atom. The van der Waals surface area contributed by atoms with E-state index in [4.69, 9.17) is 4.74 Å². The molecule has 2 N–H and O–H groups in total. The Hall–Kier alpha value is -2.66. The molecule has 26 heavy (non-hydrogen) atoms. The molecule has 5 heteroatoms. The van der Waals surface area contributed by atoms with Gasteiger partial charge in [0.25, 0.3) is 0 Å². The van der Waals surface area contributed by atoms with Crippen LogP contribution in [0.5, 0.6) is 5.75 Å². The molecule has 3 aromatic rings. The number of nitrogens with zero attached hydrogens (tertiary/aromatic N) is 1. The van der Waals surface area contributed by atoms with Gasteiger partial charge < -0.3 is 15.0 Å². The van der Waals surface area contributed by atoms with Gasteiger partial charge in [-0.05, 0) is 61.7 Å². The average Bonchev–Trinajstić information content (AvgIpc) is 3.05. The van der Waals surface area contributed by atoms with Crippen molar-refractivity contribution in [2.24, 2.45) is 0 Å². The van der Waals surface area contributed by atoms with Crippen molar-refractivity contribution in [2.75, 3.05) is 13.7 Å². The maximum absolute atomic E-state index is 13.9. The number of rotatable bonds is 3. The van der Waals surface area contributed by atoms with E-state index < -0.39 is 0 Å². The molecule has 0 aliphatic carbocycles. The summed E-state index contributed by atoms with van der Waals surface area (Å²) in [5.74, 6) is 0.355. The van der Waals surface area contributed by atoms with Gasteiger partial charge in [-0.1, -0.05) is 6.08 Å². The molecule has 4 nitrogen and oxygen atoms in total. The largest absolute Gasteiger partial charge is 0.496 e. The van der Waals surface area contributed by atoms with Gasteiger partial charge in [0, 0.05) is 34.9 Å². The molecule has 0 bridgehead atoms. The zero-order chi connectivity index (χ0) is 18.3. The molecular weight excluding hydrogens is 329 g/mol. The number of aromatic nitrogens is 2. The van der Waals surface area contributed by atoms with Gasteiger partial charge in [0.05, 0.1) is 7.11 Å². The first kappa shape index (κ1) is 16.8. The first-order valence-electron chi connectivity index (χ1n) is 8.76. The molecule has 0 fully saturated rings. The average molecular weight is 351 g/mol. The molecule has 1 aliphatic rings. The van der Waals surface area contributed by atoms with Crippen LogP contribution in [0, 0.1) is 5.82 Å². The third kappa shape index (κ3) is 2.99. The van der Waals surface area contributed by atoms with Crippen molar-refractivity contribution < 1.29 is 9.13 Å². The number of hydrogen-bond acceptors (Lipinski definition) is 3. The zero-order valence-corrected chi connectivity index (χ0v) is 15.2. The Morgan fingerprint density at radius 3 is 2.77 bits per heavy atom. The van der Waals surface area contributed by atoms with E-state index in [-0.39, 0.29) is 11.4 Å². The number of hydrogen-bond donors (Lipinski definition) is 2. The number of fused-ring (bicyclic) bond motifs is 1. The molecule has 0 spiro atoms. The fraction of sp³-hybridized carbons (Fsp3) is 0.286. The smallest absolute Gasteiger partial charge is 0.138 e. The number of benzene rings is 1. The predicted octanol–water partition coefficient (Wildman–Crippen LogP) is 4.53. The number of pyridine rings is 1. The molecule has 1 aliphatic heterocycles. The van der Waals surface area contributed by atoms with Gasteiger partial charge in [-0.3, -0.25) is 0 Å². The Balaban J connectivity index is 1.88. The van der Waals surface area contributed by atoms with Crippen LogP contribution in [0.2, 0.25) is 0 Å².